The minimum absolute atomic E-state index is 0.197. The summed E-state index contributed by atoms with van der Waals surface area (Å²) in [7, 11) is 0. The maximum absolute atomic E-state index is 10.4. The third-order valence-corrected chi connectivity index (χ3v) is 3.36. The van der Waals surface area contributed by atoms with E-state index < -0.39 is 0 Å². The van der Waals surface area contributed by atoms with E-state index >= 15 is 0 Å². The molecule has 0 aliphatic carbocycles. The molecule has 2 aromatic heterocycles. The molecule has 0 aliphatic rings. The van der Waals surface area contributed by atoms with Gasteiger partial charge in [-0.25, -0.2) is 0 Å². The predicted molar refractivity (Wildman–Crippen MR) is 90.3 cm³/mol. The molecule has 5 heteroatoms. The lowest BCUT2D eigenvalue weighted by molar-refractivity contribution is 0.458. The summed E-state index contributed by atoms with van der Waals surface area (Å²) < 4.78 is 0. The van der Waals surface area contributed by atoms with Crippen LogP contribution in [0.15, 0.2) is 42.9 Å². The van der Waals surface area contributed by atoms with Crippen molar-refractivity contribution in [2.24, 2.45) is 0 Å². The predicted octanol–water partition coefficient (Wildman–Crippen LogP) is 2.92. The van der Waals surface area contributed by atoms with Crippen molar-refractivity contribution >= 4 is 0 Å². The van der Waals surface area contributed by atoms with Crippen molar-refractivity contribution in [1.29, 1.82) is 0 Å². The van der Waals surface area contributed by atoms with Gasteiger partial charge in [-0.15, -0.1) is 0 Å². The van der Waals surface area contributed by atoms with Crippen molar-refractivity contribution < 1.29 is 5.11 Å². The highest BCUT2D eigenvalue weighted by Gasteiger charge is 2.02. The lowest BCUT2D eigenvalue weighted by Gasteiger charge is -2.06. The molecule has 2 N–H and O–H groups in total. The third-order valence-electron chi connectivity index (χ3n) is 3.36. The zero-order chi connectivity index (χ0) is 16.7. The summed E-state index contributed by atoms with van der Waals surface area (Å²) in [6, 6.07) is 7.72. The standard InChI is InChI=1S/C18H22N4O/c1-13-5-4-8-20-15(3)18(23)16(7-6-13)10-19-11-17-12-21-14(2)9-22-17/h4-9,12,19,23H,10-11H2,1-3H3. The molecule has 23 heavy (non-hydrogen) atoms. The summed E-state index contributed by atoms with van der Waals surface area (Å²) in [5, 5.41) is 13.6. The van der Waals surface area contributed by atoms with Gasteiger partial charge in [-0.05, 0) is 26.8 Å². The molecule has 2 heterocycles. The number of aromatic nitrogens is 3. The van der Waals surface area contributed by atoms with Gasteiger partial charge in [0.25, 0.3) is 0 Å². The summed E-state index contributed by atoms with van der Waals surface area (Å²) in [6.07, 6.45) is 5.18. The molecule has 0 radical (unpaired) electrons. The number of nitrogens with one attached hydrogen (secondary N) is 1. The Balaban J connectivity index is 2.17. The number of hydrogen-bond acceptors (Lipinski definition) is 5. The Morgan fingerprint density at radius 2 is 1.78 bits per heavy atom. The first kappa shape index (κ1) is 16.8. The highest BCUT2D eigenvalue weighted by molar-refractivity contribution is 5.33. The summed E-state index contributed by atoms with van der Waals surface area (Å²) in [6.45, 7) is 6.80. The van der Waals surface area contributed by atoms with Gasteiger partial charge < -0.3 is 10.4 Å². The number of aromatic hydroxyl groups is 1. The van der Waals surface area contributed by atoms with Gasteiger partial charge in [0.1, 0.15) is 5.75 Å². The lowest BCUT2D eigenvalue weighted by atomic mass is 10.2. The molecule has 0 bridgehead atoms. The molecule has 120 valence electrons. The van der Waals surface area contributed by atoms with Gasteiger partial charge in [0.15, 0.2) is 0 Å². The fraction of sp³-hybridized carbons (Fsp3) is 0.278. The largest absolute Gasteiger partial charge is 0.506 e. The number of hydrogen-bond donors (Lipinski definition) is 2. The Morgan fingerprint density at radius 1 is 0.957 bits per heavy atom. The van der Waals surface area contributed by atoms with Gasteiger partial charge in [-0.1, -0.05) is 23.8 Å². The van der Waals surface area contributed by atoms with Gasteiger partial charge in [-0.3, -0.25) is 15.0 Å². The van der Waals surface area contributed by atoms with Gasteiger partial charge in [0.2, 0.25) is 0 Å². The minimum Gasteiger partial charge on any atom is -0.506 e. The van der Waals surface area contributed by atoms with E-state index in [2.05, 4.69) is 20.3 Å². The molecule has 0 aromatic carbocycles. The Labute approximate surface area is 136 Å². The van der Waals surface area contributed by atoms with Crippen molar-refractivity contribution in [3.63, 3.8) is 0 Å². The van der Waals surface area contributed by atoms with E-state index in [-0.39, 0.29) is 5.75 Å². The molecule has 0 spiro atoms. The van der Waals surface area contributed by atoms with Crippen LogP contribution in [-0.4, -0.2) is 20.1 Å². The maximum Gasteiger partial charge on any atom is 0.141 e. The van der Waals surface area contributed by atoms with E-state index in [0.717, 1.165) is 22.5 Å². The van der Waals surface area contributed by atoms with Crippen LogP contribution >= 0.6 is 0 Å². The Kier molecular flexibility index (Phi) is 6.00. The van der Waals surface area contributed by atoms with Crippen LogP contribution in [0.5, 0.6) is 5.75 Å². The smallest absolute Gasteiger partial charge is 0.141 e. The summed E-state index contributed by atoms with van der Waals surface area (Å²) in [5.41, 5.74) is 4.22. The van der Waals surface area contributed by atoms with Crippen LogP contribution in [0.1, 0.15) is 28.2 Å². The third kappa shape index (κ3) is 5.30. The molecule has 0 unspecified atom stereocenters. The second kappa shape index (κ2) is 8.19. The molecule has 0 saturated carbocycles. The zero-order valence-corrected chi connectivity index (χ0v) is 13.7. The van der Waals surface area contributed by atoms with E-state index in [4.69, 9.17) is 0 Å². The van der Waals surface area contributed by atoms with Crippen LogP contribution in [0.3, 0.4) is 0 Å². The van der Waals surface area contributed by atoms with E-state index in [1.54, 1.807) is 25.5 Å². The van der Waals surface area contributed by atoms with Crippen molar-refractivity contribution in [1.82, 2.24) is 20.3 Å². The first-order chi connectivity index (χ1) is 11.1. The summed E-state index contributed by atoms with van der Waals surface area (Å²) in [5.74, 6) is 0.197. The Hall–Kier alpha value is -2.53. The normalized spacial score (nSPS) is 10.2. The molecule has 2 rings (SSSR count). The second-order valence-corrected chi connectivity index (χ2v) is 5.43. The molecule has 0 fully saturated rings. The average molecular weight is 310 g/mol. The lowest BCUT2D eigenvalue weighted by Crippen LogP contribution is -2.14. The molecular weight excluding hydrogens is 288 g/mol. The molecule has 0 saturated heterocycles. The SMILES string of the molecule is Cc1cccnc(C)c(O)c(CNCc2cnc(C)cn2)cc1. The first-order valence-corrected chi connectivity index (χ1v) is 7.53. The molecule has 0 aliphatic heterocycles. The van der Waals surface area contributed by atoms with Crippen molar-refractivity contribution in [3.05, 3.63) is 71.1 Å². The fourth-order valence-electron chi connectivity index (χ4n) is 1.99. The van der Waals surface area contributed by atoms with Crippen molar-refractivity contribution in [3.8, 4) is 5.75 Å². The van der Waals surface area contributed by atoms with Gasteiger partial charge >= 0.3 is 0 Å². The highest BCUT2D eigenvalue weighted by atomic mass is 16.3. The first-order valence-electron chi connectivity index (χ1n) is 7.53. The Bertz CT molecular complexity index is 713. The maximum atomic E-state index is 10.4. The molecule has 2 aromatic rings. The monoisotopic (exact) mass is 310 g/mol. The van der Waals surface area contributed by atoms with Crippen LogP contribution in [0.2, 0.25) is 0 Å². The van der Waals surface area contributed by atoms with Crippen LogP contribution in [0, 0.1) is 20.8 Å². The topological polar surface area (TPSA) is 70.9 Å². The second-order valence-electron chi connectivity index (χ2n) is 5.43. The average Bonchev–Trinajstić information content (AvgIpc) is 2.55. The van der Waals surface area contributed by atoms with Crippen LogP contribution in [0.4, 0.5) is 0 Å². The zero-order valence-electron chi connectivity index (χ0n) is 13.7. The highest BCUT2D eigenvalue weighted by Crippen LogP contribution is 2.17. The molecular formula is C18H22N4O. The number of rotatable bonds is 4. The number of nitrogens with zero attached hydrogens (tertiary/aromatic N) is 3. The van der Waals surface area contributed by atoms with E-state index in [9.17, 15) is 5.11 Å². The van der Waals surface area contributed by atoms with Crippen molar-refractivity contribution in [2.75, 3.05) is 0 Å². The molecule has 5 nitrogen and oxygen atoms in total. The van der Waals surface area contributed by atoms with Gasteiger partial charge in [0.05, 0.1) is 17.1 Å². The van der Waals surface area contributed by atoms with E-state index in [0.29, 0.717) is 18.8 Å². The van der Waals surface area contributed by atoms with Gasteiger partial charge in [0, 0.05) is 37.2 Å². The van der Waals surface area contributed by atoms with Crippen molar-refractivity contribution in [2.45, 2.75) is 33.9 Å². The van der Waals surface area contributed by atoms with Gasteiger partial charge in [-0.2, -0.15) is 0 Å². The van der Waals surface area contributed by atoms with E-state index in [1.165, 1.54) is 0 Å². The number of aryl methyl sites for hydroxylation is 3. The van der Waals surface area contributed by atoms with Crippen LogP contribution in [-0.2, 0) is 13.1 Å². The summed E-state index contributed by atoms with van der Waals surface area (Å²) in [4.78, 5) is 12.8. The van der Waals surface area contributed by atoms with Crippen LogP contribution in [0.25, 0.3) is 0 Å². The Morgan fingerprint density at radius 3 is 2.52 bits per heavy atom. The molecule has 0 amide bonds. The van der Waals surface area contributed by atoms with Crippen LogP contribution < -0.4 is 5.32 Å². The molecule has 0 atom stereocenters. The quantitative estimate of drug-likeness (QED) is 0.908. The minimum atomic E-state index is 0.197. The van der Waals surface area contributed by atoms with E-state index in [1.807, 2.05) is 38.1 Å². The fourth-order valence-corrected chi connectivity index (χ4v) is 1.99. The summed E-state index contributed by atoms with van der Waals surface area (Å²) >= 11 is 0.